The van der Waals surface area contributed by atoms with E-state index in [1.54, 1.807) is 6.08 Å². The Labute approximate surface area is 178 Å². The van der Waals surface area contributed by atoms with Crippen LogP contribution in [0.15, 0.2) is 41.8 Å². The van der Waals surface area contributed by atoms with E-state index in [2.05, 4.69) is 21.5 Å². The quantitative estimate of drug-likeness (QED) is 0.321. The van der Waals surface area contributed by atoms with Crippen LogP contribution in [-0.2, 0) is 14.4 Å². The molecular formula is C20H22N4O3S2. The first-order valence-electron chi connectivity index (χ1n) is 8.82. The number of amides is 3. The van der Waals surface area contributed by atoms with E-state index >= 15 is 0 Å². The molecule has 7 nitrogen and oxygen atoms in total. The van der Waals surface area contributed by atoms with Crippen molar-refractivity contribution in [3.8, 4) is 0 Å². The molecule has 2 aromatic rings. The maximum atomic E-state index is 12.0. The summed E-state index contributed by atoms with van der Waals surface area (Å²) in [4.78, 5) is 36.5. The molecule has 0 atom stereocenters. The number of thiocarbonyl (C=S) groups is 1. The fraction of sp³-hybridized carbons (Fsp3) is 0.200. The lowest BCUT2D eigenvalue weighted by atomic mass is 10.1. The van der Waals surface area contributed by atoms with E-state index in [1.165, 1.54) is 17.4 Å². The minimum atomic E-state index is -0.425. The number of thiophene rings is 1. The van der Waals surface area contributed by atoms with Crippen molar-refractivity contribution in [3.05, 3.63) is 57.8 Å². The third-order valence-corrected chi connectivity index (χ3v) is 4.77. The average molecular weight is 431 g/mol. The van der Waals surface area contributed by atoms with Gasteiger partial charge in [-0.15, -0.1) is 11.3 Å². The smallest absolute Gasteiger partial charge is 0.250 e. The molecule has 29 heavy (non-hydrogen) atoms. The van der Waals surface area contributed by atoms with Gasteiger partial charge < -0.3 is 5.32 Å². The molecule has 1 heterocycles. The van der Waals surface area contributed by atoms with E-state index in [0.29, 0.717) is 0 Å². The first-order valence-corrected chi connectivity index (χ1v) is 10.1. The van der Waals surface area contributed by atoms with Gasteiger partial charge >= 0.3 is 0 Å². The molecule has 0 unspecified atom stereocenters. The molecule has 0 aliphatic rings. The minimum Gasteiger partial charge on any atom is -0.326 e. The van der Waals surface area contributed by atoms with Crippen LogP contribution >= 0.6 is 23.6 Å². The lowest BCUT2D eigenvalue weighted by Gasteiger charge is -2.11. The summed E-state index contributed by atoms with van der Waals surface area (Å²) in [7, 11) is 0. The monoisotopic (exact) mass is 430 g/mol. The van der Waals surface area contributed by atoms with Crippen LogP contribution in [0.3, 0.4) is 0 Å². The summed E-state index contributed by atoms with van der Waals surface area (Å²) in [6.07, 6.45) is 3.00. The maximum absolute atomic E-state index is 12.0. The highest BCUT2D eigenvalue weighted by Crippen LogP contribution is 2.16. The molecule has 0 radical (unpaired) electrons. The number of carbonyl (C=O) groups is 3. The molecule has 0 spiro atoms. The normalized spacial score (nSPS) is 10.4. The second kappa shape index (κ2) is 11.1. The Hall–Kier alpha value is -3.04. The van der Waals surface area contributed by atoms with Crippen LogP contribution in [0.25, 0.3) is 6.08 Å². The highest BCUT2D eigenvalue weighted by Gasteiger charge is 2.09. The van der Waals surface area contributed by atoms with Crippen molar-refractivity contribution in [2.24, 2.45) is 0 Å². The van der Waals surface area contributed by atoms with E-state index in [-0.39, 0.29) is 23.9 Å². The first-order chi connectivity index (χ1) is 13.8. The highest BCUT2D eigenvalue weighted by atomic mass is 32.1. The molecule has 1 aromatic carbocycles. The van der Waals surface area contributed by atoms with Gasteiger partial charge in [0.2, 0.25) is 17.7 Å². The lowest BCUT2D eigenvalue weighted by molar-refractivity contribution is -0.124. The number of carbonyl (C=O) groups excluding carboxylic acids is 3. The summed E-state index contributed by atoms with van der Waals surface area (Å²) < 4.78 is 0. The molecule has 0 bridgehead atoms. The number of rotatable bonds is 6. The standard InChI is InChI=1S/C20H22N4O3S2/c1-13-5-7-16(14(2)12-13)21-17(25)9-10-19(27)23-24-20(28)22-18(26)8-6-15-4-3-11-29-15/h3-8,11-12H,9-10H2,1-2H3,(H,21,25)(H,23,27)(H2,22,24,26,28)/b8-6+. The van der Waals surface area contributed by atoms with E-state index < -0.39 is 11.8 Å². The molecule has 0 saturated heterocycles. The van der Waals surface area contributed by atoms with Crippen LogP contribution in [0.5, 0.6) is 0 Å². The molecule has 0 aliphatic heterocycles. The Morgan fingerprint density at radius 3 is 2.52 bits per heavy atom. The summed E-state index contributed by atoms with van der Waals surface area (Å²) in [5.41, 5.74) is 7.57. The molecule has 3 amide bonds. The average Bonchev–Trinajstić information content (AvgIpc) is 3.19. The molecule has 4 N–H and O–H groups in total. The van der Waals surface area contributed by atoms with Crippen LogP contribution in [0.1, 0.15) is 28.8 Å². The van der Waals surface area contributed by atoms with Gasteiger partial charge in [0.25, 0.3) is 0 Å². The van der Waals surface area contributed by atoms with Crippen molar-refractivity contribution < 1.29 is 14.4 Å². The maximum Gasteiger partial charge on any atom is 0.250 e. The Morgan fingerprint density at radius 2 is 1.83 bits per heavy atom. The van der Waals surface area contributed by atoms with Gasteiger partial charge in [0, 0.05) is 29.5 Å². The van der Waals surface area contributed by atoms with E-state index in [0.717, 1.165) is 21.7 Å². The second-order valence-corrected chi connectivity index (χ2v) is 7.59. The van der Waals surface area contributed by atoms with Gasteiger partial charge in [-0.3, -0.25) is 30.6 Å². The lowest BCUT2D eigenvalue weighted by Crippen LogP contribution is -2.48. The number of hydrazine groups is 1. The van der Waals surface area contributed by atoms with Gasteiger partial charge in [-0.05, 0) is 55.2 Å². The van der Waals surface area contributed by atoms with Gasteiger partial charge in [0.15, 0.2) is 5.11 Å². The number of anilines is 1. The van der Waals surface area contributed by atoms with Gasteiger partial charge in [0.1, 0.15) is 0 Å². The SMILES string of the molecule is Cc1ccc(NC(=O)CCC(=O)NNC(=S)NC(=O)/C=C/c2cccs2)c(C)c1. The van der Waals surface area contributed by atoms with E-state index in [4.69, 9.17) is 12.2 Å². The fourth-order valence-corrected chi connectivity index (χ4v) is 3.08. The predicted molar refractivity (Wildman–Crippen MR) is 119 cm³/mol. The van der Waals surface area contributed by atoms with E-state index in [9.17, 15) is 14.4 Å². The summed E-state index contributed by atoms with van der Waals surface area (Å²) >= 11 is 6.44. The number of nitrogens with one attached hydrogen (secondary N) is 4. The van der Waals surface area contributed by atoms with Gasteiger partial charge in [0.05, 0.1) is 0 Å². The zero-order chi connectivity index (χ0) is 21.2. The van der Waals surface area contributed by atoms with Crippen LogP contribution in [0.4, 0.5) is 5.69 Å². The molecule has 2 rings (SSSR count). The summed E-state index contributed by atoms with van der Waals surface area (Å²) in [5.74, 6) is -1.11. The minimum absolute atomic E-state index is 0.0174. The van der Waals surface area contributed by atoms with Crippen LogP contribution in [-0.4, -0.2) is 22.8 Å². The summed E-state index contributed by atoms with van der Waals surface area (Å²) in [6, 6.07) is 9.47. The third-order valence-electron chi connectivity index (χ3n) is 3.73. The summed E-state index contributed by atoms with van der Waals surface area (Å²) in [5, 5.41) is 7.05. The van der Waals surface area contributed by atoms with Crippen LogP contribution in [0, 0.1) is 13.8 Å². The zero-order valence-electron chi connectivity index (χ0n) is 16.1. The van der Waals surface area contributed by atoms with Gasteiger partial charge in [-0.2, -0.15) is 0 Å². The van der Waals surface area contributed by atoms with E-state index in [1.807, 2.05) is 49.6 Å². The molecule has 0 aliphatic carbocycles. The second-order valence-electron chi connectivity index (χ2n) is 6.21. The summed E-state index contributed by atoms with van der Waals surface area (Å²) in [6.45, 7) is 3.88. The van der Waals surface area contributed by atoms with Crippen molar-refractivity contribution in [2.45, 2.75) is 26.7 Å². The van der Waals surface area contributed by atoms with Crippen molar-refractivity contribution in [1.82, 2.24) is 16.2 Å². The van der Waals surface area contributed by atoms with Crippen LogP contribution in [0.2, 0.25) is 0 Å². The number of aryl methyl sites for hydroxylation is 2. The van der Waals surface area contributed by atoms with Crippen molar-refractivity contribution in [2.75, 3.05) is 5.32 Å². The predicted octanol–water partition coefficient (Wildman–Crippen LogP) is 2.82. The molecule has 0 fully saturated rings. The molecular weight excluding hydrogens is 408 g/mol. The van der Waals surface area contributed by atoms with Gasteiger partial charge in [-0.25, -0.2) is 0 Å². The molecule has 0 saturated carbocycles. The molecule has 152 valence electrons. The Kier molecular flexibility index (Phi) is 8.50. The van der Waals surface area contributed by atoms with Gasteiger partial charge in [-0.1, -0.05) is 23.8 Å². The topological polar surface area (TPSA) is 99.3 Å². The molecule has 1 aromatic heterocycles. The Morgan fingerprint density at radius 1 is 1.07 bits per heavy atom. The highest BCUT2D eigenvalue weighted by molar-refractivity contribution is 7.80. The molecule has 9 heteroatoms. The first kappa shape index (κ1) is 22.3. The number of benzene rings is 1. The number of hydrogen-bond donors (Lipinski definition) is 4. The van der Waals surface area contributed by atoms with Crippen LogP contribution < -0.4 is 21.5 Å². The Balaban J connectivity index is 1.66. The van der Waals surface area contributed by atoms with Crippen molar-refractivity contribution in [1.29, 1.82) is 0 Å². The Bertz CT molecular complexity index is 924. The fourth-order valence-electron chi connectivity index (χ4n) is 2.31. The third kappa shape index (κ3) is 8.24. The number of hydrogen-bond acceptors (Lipinski definition) is 5. The van der Waals surface area contributed by atoms with Crippen molar-refractivity contribution >= 4 is 58.2 Å². The largest absolute Gasteiger partial charge is 0.326 e. The zero-order valence-corrected chi connectivity index (χ0v) is 17.7. The van der Waals surface area contributed by atoms with Crippen molar-refractivity contribution in [3.63, 3.8) is 0 Å².